The fraction of sp³-hybridized carbons (Fsp3) is 0.160. The van der Waals surface area contributed by atoms with Gasteiger partial charge in [0.15, 0.2) is 6.61 Å². The zero-order chi connectivity index (χ0) is 23.4. The van der Waals surface area contributed by atoms with Gasteiger partial charge in [-0.25, -0.2) is 4.98 Å². The maximum atomic E-state index is 12.5. The standard InChI is InChI=1S/C25H22ClN3O3S/c1-16-7-9-20(11-17(16)2)32-14-24(30)28-21-5-3-4-6-22(21)33-15-19-12-25(31)29-13-18(26)8-10-23(29)27-19/h3-13H,14-15H2,1-2H3,(H,28,30). The van der Waals surface area contributed by atoms with Gasteiger partial charge in [0.1, 0.15) is 11.4 Å². The predicted octanol–water partition coefficient (Wildman–Crippen LogP) is 5.27. The number of rotatable bonds is 7. The molecule has 0 unspecified atom stereocenters. The number of amides is 1. The number of fused-ring (bicyclic) bond motifs is 1. The molecule has 1 amide bonds. The summed E-state index contributed by atoms with van der Waals surface area (Å²) in [7, 11) is 0. The summed E-state index contributed by atoms with van der Waals surface area (Å²) in [4.78, 5) is 30.3. The van der Waals surface area contributed by atoms with Crippen molar-refractivity contribution < 1.29 is 9.53 Å². The Morgan fingerprint density at radius 2 is 1.91 bits per heavy atom. The third-order valence-electron chi connectivity index (χ3n) is 5.06. The molecule has 0 fully saturated rings. The summed E-state index contributed by atoms with van der Waals surface area (Å²) in [5, 5.41) is 3.38. The van der Waals surface area contributed by atoms with Gasteiger partial charge in [-0.3, -0.25) is 14.0 Å². The van der Waals surface area contributed by atoms with Crippen molar-refractivity contribution in [2.45, 2.75) is 24.5 Å². The quantitative estimate of drug-likeness (QED) is 0.365. The van der Waals surface area contributed by atoms with Crippen molar-refractivity contribution >= 4 is 40.6 Å². The molecule has 6 nitrogen and oxygen atoms in total. The summed E-state index contributed by atoms with van der Waals surface area (Å²) in [6.07, 6.45) is 1.55. The van der Waals surface area contributed by atoms with Gasteiger partial charge in [-0.15, -0.1) is 11.8 Å². The average molecular weight is 480 g/mol. The number of para-hydroxylation sites is 1. The second-order valence-electron chi connectivity index (χ2n) is 7.53. The maximum Gasteiger partial charge on any atom is 0.262 e. The number of nitrogens with one attached hydrogen (secondary N) is 1. The molecule has 0 saturated carbocycles. The van der Waals surface area contributed by atoms with E-state index in [2.05, 4.69) is 10.3 Å². The van der Waals surface area contributed by atoms with Crippen LogP contribution in [0.2, 0.25) is 5.02 Å². The first-order valence-electron chi connectivity index (χ1n) is 10.3. The van der Waals surface area contributed by atoms with Gasteiger partial charge in [-0.1, -0.05) is 29.8 Å². The minimum Gasteiger partial charge on any atom is -0.484 e. The van der Waals surface area contributed by atoms with Crippen LogP contribution in [0.3, 0.4) is 0 Å². The first-order chi connectivity index (χ1) is 15.9. The Morgan fingerprint density at radius 3 is 2.73 bits per heavy atom. The number of aromatic nitrogens is 2. The number of halogens is 1. The summed E-state index contributed by atoms with van der Waals surface area (Å²) in [5.74, 6) is 0.881. The summed E-state index contributed by atoms with van der Waals surface area (Å²) >= 11 is 7.45. The lowest BCUT2D eigenvalue weighted by Crippen LogP contribution is -2.20. The normalized spacial score (nSPS) is 10.9. The third-order valence-corrected chi connectivity index (χ3v) is 6.39. The summed E-state index contributed by atoms with van der Waals surface area (Å²) in [6, 6.07) is 18.1. The van der Waals surface area contributed by atoms with E-state index in [4.69, 9.17) is 16.3 Å². The summed E-state index contributed by atoms with van der Waals surface area (Å²) in [6.45, 7) is 3.94. The van der Waals surface area contributed by atoms with E-state index in [0.717, 1.165) is 10.5 Å². The number of hydrogen-bond acceptors (Lipinski definition) is 5. The first-order valence-corrected chi connectivity index (χ1v) is 11.6. The second-order valence-corrected chi connectivity index (χ2v) is 8.98. The molecular weight excluding hydrogens is 458 g/mol. The highest BCUT2D eigenvalue weighted by molar-refractivity contribution is 7.98. The van der Waals surface area contributed by atoms with Crippen LogP contribution >= 0.6 is 23.4 Å². The minimum atomic E-state index is -0.250. The van der Waals surface area contributed by atoms with Crippen LogP contribution in [0.4, 0.5) is 5.69 Å². The molecule has 2 aromatic heterocycles. The number of ether oxygens (including phenoxy) is 1. The Labute approximate surface area is 200 Å². The SMILES string of the molecule is Cc1ccc(OCC(=O)Nc2ccccc2SCc2cc(=O)n3cc(Cl)ccc3n2)cc1C. The van der Waals surface area contributed by atoms with Gasteiger partial charge < -0.3 is 10.1 Å². The number of carbonyl (C=O) groups excluding carboxylic acids is 1. The van der Waals surface area contributed by atoms with Crippen LogP contribution in [0.25, 0.3) is 5.65 Å². The van der Waals surface area contributed by atoms with E-state index in [1.54, 1.807) is 18.3 Å². The lowest BCUT2D eigenvalue weighted by atomic mass is 10.1. The van der Waals surface area contributed by atoms with Crippen LogP contribution in [0.15, 0.2) is 76.6 Å². The number of nitrogens with zero attached hydrogens (tertiary/aromatic N) is 2. The van der Waals surface area contributed by atoms with Crippen molar-refractivity contribution in [2.75, 3.05) is 11.9 Å². The zero-order valence-corrected chi connectivity index (χ0v) is 19.7. The van der Waals surface area contributed by atoms with Crippen LogP contribution in [0.1, 0.15) is 16.8 Å². The zero-order valence-electron chi connectivity index (χ0n) is 18.2. The molecule has 1 N–H and O–H groups in total. The first kappa shape index (κ1) is 22.9. The largest absolute Gasteiger partial charge is 0.484 e. The Kier molecular flexibility index (Phi) is 7.01. The Hall–Kier alpha value is -3.29. The van der Waals surface area contributed by atoms with Gasteiger partial charge in [0, 0.05) is 22.9 Å². The average Bonchev–Trinajstić information content (AvgIpc) is 2.80. The number of anilines is 1. The fourth-order valence-corrected chi connectivity index (χ4v) is 4.25. The van der Waals surface area contributed by atoms with Crippen LogP contribution in [-0.4, -0.2) is 21.9 Å². The fourth-order valence-electron chi connectivity index (χ4n) is 3.19. The van der Waals surface area contributed by atoms with Gasteiger partial charge in [-0.05, 0) is 61.4 Å². The van der Waals surface area contributed by atoms with Crippen LogP contribution in [-0.2, 0) is 10.5 Å². The van der Waals surface area contributed by atoms with Gasteiger partial charge in [0.25, 0.3) is 11.5 Å². The molecule has 33 heavy (non-hydrogen) atoms. The molecule has 4 aromatic rings. The second kappa shape index (κ2) is 10.1. The van der Waals surface area contributed by atoms with E-state index in [1.807, 2.05) is 56.3 Å². The molecule has 4 rings (SSSR count). The number of benzene rings is 2. The van der Waals surface area contributed by atoms with Crippen molar-refractivity contribution in [3.05, 3.63) is 99.1 Å². The maximum absolute atomic E-state index is 12.5. The van der Waals surface area contributed by atoms with Crippen molar-refractivity contribution in [3.8, 4) is 5.75 Å². The number of aryl methyl sites for hydroxylation is 2. The third kappa shape index (κ3) is 5.74. The topological polar surface area (TPSA) is 72.7 Å². The van der Waals surface area contributed by atoms with Gasteiger partial charge in [-0.2, -0.15) is 0 Å². The van der Waals surface area contributed by atoms with E-state index < -0.39 is 0 Å². The monoisotopic (exact) mass is 479 g/mol. The van der Waals surface area contributed by atoms with E-state index in [1.165, 1.54) is 27.8 Å². The van der Waals surface area contributed by atoms with Crippen molar-refractivity contribution in [1.29, 1.82) is 0 Å². The minimum absolute atomic E-state index is 0.0902. The van der Waals surface area contributed by atoms with Crippen LogP contribution in [0.5, 0.6) is 5.75 Å². The molecule has 0 spiro atoms. The predicted molar refractivity (Wildman–Crippen MR) is 133 cm³/mol. The Bertz CT molecular complexity index is 1390. The van der Waals surface area contributed by atoms with E-state index in [-0.39, 0.29) is 18.1 Å². The van der Waals surface area contributed by atoms with Gasteiger partial charge in [0.2, 0.25) is 0 Å². The van der Waals surface area contributed by atoms with Crippen molar-refractivity contribution in [3.63, 3.8) is 0 Å². The molecular formula is C25H22ClN3O3S. The van der Waals surface area contributed by atoms with E-state index in [0.29, 0.717) is 33.6 Å². The van der Waals surface area contributed by atoms with Crippen molar-refractivity contribution in [1.82, 2.24) is 9.38 Å². The Morgan fingerprint density at radius 1 is 1.09 bits per heavy atom. The van der Waals surface area contributed by atoms with E-state index in [9.17, 15) is 9.59 Å². The highest BCUT2D eigenvalue weighted by Gasteiger charge is 2.10. The molecule has 0 radical (unpaired) electrons. The lowest BCUT2D eigenvalue weighted by Gasteiger charge is -2.12. The number of thioether (sulfide) groups is 1. The summed E-state index contributed by atoms with van der Waals surface area (Å²) < 4.78 is 7.05. The molecule has 0 aliphatic heterocycles. The molecule has 0 atom stereocenters. The van der Waals surface area contributed by atoms with Crippen LogP contribution < -0.4 is 15.6 Å². The molecule has 0 saturated heterocycles. The lowest BCUT2D eigenvalue weighted by molar-refractivity contribution is -0.118. The van der Waals surface area contributed by atoms with Gasteiger partial charge in [0.05, 0.1) is 16.4 Å². The molecule has 0 aliphatic carbocycles. The molecule has 0 bridgehead atoms. The Balaban J connectivity index is 1.41. The number of carbonyl (C=O) groups is 1. The van der Waals surface area contributed by atoms with E-state index >= 15 is 0 Å². The molecule has 2 aromatic carbocycles. The van der Waals surface area contributed by atoms with Gasteiger partial charge >= 0.3 is 0 Å². The van der Waals surface area contributed by atoms with Crippen LogP contribution in [0, 0.1) is 13.8 Å². The smallest absolute Gasteiger partial charge is 0.262 e. The molecule has 2 heterocycles. The highest BCUT2D eigenvalue weighted by Crippen LogP contribution is 2.29. The molecule has 168 valence electrons. The summed E-state index contributed by atoms with van der Waals surface area (Å²) in [5.41, 5.74) is 3.95. The molecule has 0 aliphatic rings. The highest BCUT2D eigenvalue weighted by atomic mass is 35.5. The number of hydrogen-bond donors (Lipinski definition) is 1. The number of pyridine rings is 1. The van der Waals surface area contributed by atoms with Crippen molar-refractivity contribution in [2.24, 2.45) is 0 Å². The molecule has 8 heteroatoms.